The van der Waals surface area contributed by atoms with Crippen molar-refractivity contribution in [1.29, 1.82) is 0 Å². The van der Waals surface area contributed by atoms with Crippen LogP contribution in [0.1, 0.15) is 36.5 Å². The lowest BCUT2D eigenvalue weighted by Crippen LogP contribution is -2.67. The number of aliphatic carboxylic acids is 1. The molecule has 37 heavy (non-hydrogen) atoms. The maximum absolute atomic E-state index is 11.5. The van der Waals surface area contributed by atoms with Gasteiger partial charge in [-0.1, -0.05) is 12.1 Å². The van der Waals surface area contributed by atoms with Gasteiger partial charge in [-0.25, -0.2) is 0 Å². The number of anilines is 1. The molecule has 0 aliphatic carbocycles. The number of carboxylic acids is 1. The van der Waals surface area contributed by atoms with E-state index >= 15 is 0 Å². The molecule has 0 amide bonds. The van der Waals surface area contributed by atoms with Crippen molar-refractivity contribution in [3.8, 4) is 23.0 Å². The number of carbonyl (C=O) groups is 1. The van der Waals surface area contributed by atoms with Gasteiger partial charge >= 0.3 is 5.97 Å². The first-order valence-electron chi connectivity index (χ1n) is 12.3. The highest BCUT2D eigenvalue weighted by Gasteiger charge is 2.42. The molecule has 0 aromatic heterocycles. The minimum absolute atomic E-state index is 0.332. The van der Waals surface area contributed by atoms with Gasteiger partial charge in [0.2, 0.25) is 5.75 Å². The predicted octanol–water partition coefficient (Wildman–Crippen LogP) is 3.46. The van der Waals surface area contributed by atoms with Gasteiger partial charge in [0.15, 0.2) is 17.3 Å². The molecule has 1 atom stereocenters. The second-order valence-electron chi connectivity index (χ2n) is 9.46. The Morgan fingerprint density at radius 3 is 2.27 bits per heavy atom. The summed E-state index contributed by atoms with van der Waals surface area (Å²) in [6.07, 6.45) is 1.14. The summed E-state index contributed by atoms with van der Waals surface area (Å²) in [7, 11) is 6.41. The van der Waals surface area contributed by atoms with Crippen LogP contribution >= 0.6 is 0 Å². The normalized spacial score (nSPS) is 21.0. The number of methoxy groups -OCH3 is 4. The number of piperidine rings is 1. The average molecular weight is 513 g/mol. The van der Waals surface area contributed by atoms with Crippen LogP contribution in [0.2, 0.25) is 0 Å². The van der Waals surface area contributed by atoms with Crippen molar-refractivity contribution >= 4 is 17.5 Å². The Balaban J connectivity index is 1.76. The quantitative estimate of drug-likeness (QED) is 0.489. The van der Waals surface area contributed by atoms with Crippen LogP contribution in [0.5, 0.6) is 23.0 Å². The van der Waals surface area contributed by atoms with E-state index in [4.69, 9.17) is 23.9 Å². The SMILES string of the molecule is COc1ccc(CN=C2NC(C)(N3CCC(C(=O)O)CC3)Nc3c2cc(OC)c(OC)c3OC)cc1C. The molecule has 0 radical (unpaired) electrons. The number of benzene rings is 2. The van der Waals surface area contributed by atoms with Gasteiger partial charge in [0, 0.05) is 18.7 Å². The Labute approximate surface area is 217 Å². The molecule has 0 spiro atoms. The fourth-order valence-electron chi connectivity index (χ4n) is 5.11. The lowest BCUT2D eigenvalue weighted by atomic mass is 9.95. The summed E-state index contributed by atoms with van der Waals surface area (Å²) < 4.78 is 22.4. The third-order valence-corrected chi connectivity index (χ3v) is 7.17. The summed E-state index contributed by atoms with van der Waals surface area (Å²) in [5, 5.41) is 16.6. The number of hydrogen-bond donors (Lipinski definition) is 3. The number of amidine groups is 1. The van der Waals surface area contributed by atoms with Crippen molar-refractivity contribution in [2.75, 3.05) is 46.8 Å². The number of carboxylic acid groups (broad SMARTS) is 1. The first kappa shape index (κ1) is 26.4. The number of nitrogens with zero attached hydrogens (tertiary/aromatic N) is 2. The highest BCUT2D eigenvalue weighted by atomic mass is 16.5. The van der Waals surface area contributed by atoms with Gasteiger partial charge in [-0.15, -0.1) is 0 Å². The number of aliphatic imine (C=N–C) groups is 1. The second-order valence-corrected chi connectivity index (χ2v) is 9.46. The van der Waals surface area contributed by atoms with Gasteiger partial charge in [-0.2, -0.15) is 0 Å². The van der Waals surface area contributed by atoms with Crippen molar-refractivity contribution in [3.63, 3.8) is 0 Å². The van der Waals surface area contributed by atoms with E-state index in [1.165, 1.54) is 0 Å². The molecule has 2 aliphatic rings. The van der Waals surface area contributed by atoms with Crippen LogP contribution in [0.4, 0.5) is 5.69 Å². The molecule has 2 aliphatic heterocycles. The smallest absolute Gasteiger partial charge is 0.306 e. The maximum Gasteiger partial charge on any atom is 0.306 e. The standard InChI is InChI=1S/C27H36N4O6/c1-16-13-17(7-8-20(16)34-3)15-28-25-19-14-21(35-4)23(36-5)24(37-6)22(19)29-27(2,30-25)31-11-9-18(10-12-31)26(32)33/h7-8,13-14,18,29H,9-12,15H2,1-6H3,(H,28,30)(H,32,33). The molecule has 2 aromatic rings. The van der Waals surface area contributed by atoms with E-state index in [2.05, 4.69) is 21.6 Å². The van der Waals surface area contributed by atoms with Crippen LogP contribution in [0, 0.1) is 12.8 Å². The summed E-state index contributed by atoms with van der Waals surface area (Å²) in [5.41, 5.74) is 3.60. The highest BCUT2D eigenvalue weighted by molar-refractivity contribution is 6.08. The van der Waals surface area contributed by atoms with E-state index in [-0.39, 0.29) is 5.92 Å². The summed E-state index contributed by atoms with van der Waals surface area (Å²) >= 11 is 0. The zero-order chi connectivity index (χ0) is 26.7. The molecule has 1 saturated heterocycles. The van der Waals surface area contributed by atoms with Crippen molar-refractivity contribution in [2.45, 2.75) is 39.0 Å². The van der Waals surface area contributed by atoms with Gasteiger partial charge < -0.3 is 34.7 Å². The highest BCUT2D eigenvalue weighted by Crippen LogP contribution is 2.47. The van der Waals surface area contributed by atoms with E-state index in [0.717, 1.165) is 28.1 Å². The Bertz CT molecular complexity index is 1190. The molecule has 10 heteroatoms. The lowest BCUT2D eigenvalue weighted by Gasteiger charge is -2.49. The third-order valence-electron chi connectivity index (χ3n) is 7.17. The largest absolute Gasteiger partial charge is 0.496 e. The number of fused-ring (bicyclic) bond motifs is 1. The van der Waals surface area contributed by atoms with Crippen molar-refractivity contribution < 1.29 is 28.8 Å². The Hall–Kier alpha value is -3.66. The molecule has 0 bridgehead atoms. The van der Waals surface area contributed by atoms with Gasteiger partial charge in [0.1, 0.15) is 11.6 Å². The summed E-state index contributed by atoms with van der Waals surface area (Å²) in [5.74, 6) is 1.22. The first-order valence-corrected chi connectivity index (χ1v) is 12.3. The molecule has 0 saturated carbocycles. The molecule has 1 unspecified atom stereocenters. The van der Waals surface area contributed by atoms with E-state index in [9.17, 15) is 9.90 Å². The van der Waals surface area contributed by atoms with Gasteiger partial charge in [-0.3, -0.25) is 14.7 Å². The van der Waals surface area contributed by atoms with Crippen LogP contribution in [0.25, 0.3) is 0 Å². The zero-order valence-electron chi connectivity index (χ0n) is 22.3. The number of likely N-dealkylation sites (tertiary alicyclic amines) is 1. The van der Waals surface area contributed by atoms with E-state index in [0.29, 0.717) is 55.6 Å². The van der Waals surface area contributed by atoms with Crippen molar-refractivity contribution in [2.24, 2.45) is 10.9 Å². The number of hydrogen-bond acceptors (Lipinski definition) is 8. The molecule has 1 fully saturated rings. The number of rotatable bonds is 8. The molecular weight excluding hydrogens is 476 g/mol. The topological polar surface area (TPSA) is 114 Å². The number of aryl methyl sites for hydroxylation is 1. The predicted molar refractivity (Wildman–Crippen MR) is 141 cm³/mol. The third kappa shape index (κ3) is 5.11. The molecule has 200 valence electrons. The summed E-state index contributed by atoms with van der Waals surface area (Å²) in [4.78, 5) is 18.7. The van der Waals surface area contributed by atoms with Crippen LogP contribution in [0.15, 0.2) is 29.3 Å². The van der Waals surface area contributed by atoms with Crippen LogP contribution < -0.4 is 29.6 Å². The van der Waals surface area contributed by atoms with Gasteiger partial charge in [0.25, 0.3) is 0 Å². The monoisotopic (exact) mass is 512 g/mol. The second kappa shape index (κ2) is 10.8. The van der Waals surface area contributed by atoms with E-state index in [1.807, 2.05) is 32.0 Å². The van der Waals surface area contributed by atoms with Crippen LogP contribution in [-0.2, 0) is 11.3 Å². The van der Waals surface area contributed by atoms with Gasteiger partial charge in [-0.05, 0) is 49.9 Å². The zero-order valence-corrected chi connectivity index (χ0v) is 22.3. The van der Waals surface area contributed by atoms with Crippen molar-refractivity contribution in [1.82, 2.24) is 10.2 Å². The maximum atomic E-state index is 11.5. The Morgan fingerprint density at radius 2 is 1.70 bits per heavy atom. The summed E-state index contributed by atoms with van der Waals surface area (Å²) in [6.45, 7) is 5.71. The average Bonchev–Trinajstić information content (AvgIpc) is 2.90. The summed E-state index contributed by atoms with van der Waals surface area (Å²) in [6, 6.07) is 7.90. The number of ether oxygens (including phenoxy) is 4. The molecule has 2 heterocycles. The number of nitrogens with one attached hydrogen (secondary N) is 2. The van der Waals surface area contributed by atoms with Crippen LogP contribution in [0.3, 0.4) is 0 Å². The Morgan fingerprint density at radius 1 is 1.03 bits per heavy atom. The molecular formula is C27H36N4O6. The molecule has 10 nitrogen and oxygen atoms in total. The fraction of sp³-hybridized carbons (Fsp3) is 0.481. The minimum atomic E-state index is -0.741. The fourth-order valence-corrected chi connectivity index (χ4v) is 5.11. The van der Waals surface area contributed by atoms with Gasteiger partial charge in [0.05, 0.1) is 46.6 Å². The molecule has 3 N–H and O–H groups in total. The Kier molecular flexibility index (Phi) is 7.68. The van der Waals surface area contributed by atoms with Crippen molar-refractivity contribution in [3.05, 3.63) is 41.0 Å². The lowest BCUT2D eigenvalue weighted by molar-refractivity contribution is -0.143. The van der Waals surface area contributed by atoms with E-state index in [1.54, 1.807) is 28.4 Å². The molecule has 2 aromatic carbocycles. The molecule has 4 rings (SSSR count). The minimum Gasteiger partial charge on any atom is -0.496 e. The van der Waals surface area contributed by atoms with Crippen LogP contribution in [-0.4, -0.2) is 69.1 Å². The first-order chi connectivity index (χ1) is 17.7. The van der Waals surface area contributed by atoms with E-state index < -0.39 is 11.8 Å².